The van der Waals surface area contributed by atoms with Crippen LogP contribution in [0.1, 0.15) is 51.1 Å². The van der Waals surface area contributed by atoms with Gasteiger partial charge < -0.3 is 9.64 Å². The first kappa shape index (κ1) is 20.1. The van der Waals surface area contributed by atoms with E-state index in [-0.39, 0.29) is 18.0 Å². The van der Waals surface area contributed by atoms with Crippen LogP contribution in [0, 0.1) is 0 Å². The molecule has 4 atom stereocenters. The molecule has 1 N–H and O–H groups in total. The highest BCUT2D eigenvalue weighted by atomic mass is 32.2. The van der Waals surface area contributed by atoms with Gasteiger partial charge in [-0.3, -0.25) is 4.79 Å². The number of rotatable bonds is 3. The molecule has 8 heteroatoms. The Morgan fingerprint density at radius 1 is 1.22 bits per heavy atom. The van der Waals surface area contributed by atoms with Crippen molar-refractivity contribution in [2.24, 2.45) is 0 Å². The Hall–Kier alpha value is -1.64. The lowest BCUT2D eigenvalue weighted by Gasteiger charge is -2.44. The number of carbonyl (C=O) groups is 1. The molecule has 0 aromatic heterocycles. The van der Waals surface area contributed by atoms with E-state index in [1.807, 2.05) is 43.0 Å². The highest BCUT2D eigenvalue weighted by Gasteiger charge is 2.44. The number of ether oxygens (including phenoxy) is 1. The fraction of sp³-hybridized carbons (Fsp3) is 0.632. The summed E-state index contributed by atoms with van der Waals surface area (Å²) in [5.74, 6) is 0.557. The van der Waals surface area contributed by atoms with Crippen LogP contribution in [-0.2, 0) is 15.0 Å². The number of nitrogens with one attached hydrogen (secondary N) is 1. The first-order valence-electron chi connectivity index (χ1n) is 9.46. The summed E-state index contributed by atoms with van der Waals surface area (Å²) in [5.41, 5.74) is 0.795. The molecule has 2 aliphatic rings. The van der Waals surface area contributed by atoms with Crippen molar-refractivity contribution in [2.75, 3.05) is 14.2 Å². The topological polar surface area (TPSA) is 79.0 Å². The molecule has 7 nitrogen and oxygen atoms in total. The van der Waals surface area contributed by atoms with E-state index in [0.29, 0.717) is 12.2 Å². The molecule has 2 aliphatic heterocycles. The largest absolute Gasteiger partial charge is 0.497 e. The summed E-state index contributed by atoms with van der Waals surface area (Å²) >= 11 is 0. The molecular formula is C19H29N3O4S. The molecule has 0 radical (unpaired) electrons. The Labute approximate surface area is 161 Å². The van der Waals surface area contributed by atoms with Gasteiger partial charge in [0.15, 0.2) is 0 Å². The van der Waals surface area contributed by atoms with Crippen LogP contribution in [0.25, 0.3) is 0 Å². The second-order valence-electron chi connectivity index (χ2n) is 7.59. The number of amides is 1. The minimum atomic E-state index is -3.75. The molecule has 1 aromatic carbocycles. The van der Waals surface area contributed by atoms with Gasteiger partial charge in [0.25, 0.3) is 10.2 Å². The van der Waals surface area contributed by atoms with E-state index in [0.717, 1.165) is 24.8 Å². The number of methoxy groups -OCH3 is 1. The molecule has 1 amide bonds. The zero-order valence-corrected chi connectivity index (χ0v) is 17.2. The van der Waals surface area contributed by atoms with E-state index in [9.17, 15) is 13.2 Å². The second kappa shape index (κ2) is 7.77. The Morgan fingerprint density at radius 3 is 2.52 bits per heavy atom. The smallest absolute Gasteiger partial charge is 0.280 e. The van der Waals surface area contributed by atoms with Gasteiger partial charge in [-0.05, 0) is 57.2 Å². The third-order valence-corrected chi connectivity index (χ3v) is 7.39. The van der Waals surface area contributed by atoms with E-state index in [1.165, 1.54) is 11.4 Å². The van der Waals surface area contributed by atoms with E-state index in [1.54, 1.807) is 7.11 Å². The molecule has 2 fully saturated rings. The van der Waals surface area contributed by atoms with Gasteiger partial charge in [-0.15, -0.1) is 0 Å². The molecule has 0 aliphatic carbocycles. The number of hydrogen-bond acceptors (Lipinski definition) is 4. The van der Waals surface area contributed by atoms with Crippen LogP contribution in [0.2, 0.25) is 0 Å². The predicted octanol–water partition coefficient (Wildman–Crippen LogP) is 2.06. The third-order valence-electron chi connectivity index (χ3n) is 5.80. The molecule has 2 heterocycles. The monoisotopic (exact) mass is 395 g/mol. The van der Waals surface area contributed by atoms with Crippen LogP contribution < -0.4 is 9.46 Å². The summed E-state index contributed by atoms with van der Waals surface area (Å²) in [6.45, 7) is 4.09. The van der Waals surface area contributed by atoms with Crippen molar-refractivity contribution in [1.29, 1.82) is 0 Å². The first-order chi connectivity index (χ1) is 12.7. The van der Waals surface area contributed by atoms with Gasteiger partial charge in [-0.2, -0.15) is 17.4 Å². The zero-order valence-electron chi connectivity index (χ0n) is 16.4. The summed E-state index contributed by atoms with van der Waals surface area (Å²) in [7, 11) is -0.700. The third kappa shape index (κ3) is 3.97. The predicted molar refractivity (Wildman–Crippen MR) is 104 cm³/mol. The average molecular weight is 396 g/mol. The van der Waals surface area contributed by atoms with Gasteiger partial charge in [0, 0.05) is 19.1 Å². The minimum Gasteiger partial charge on any atom is -0.497 e. The zero-order chi connectivity index (χ0) is 19.8. The van der Waals surface area contributed by atoms with Crippen LogP contribution in [-0.4, -0.2) is 55.8 Å². The van der Waals surface area contributed by atoms with Crippen LogP contribution in [0.3, 0.4) is 0 Å². The number of likely N-dealkylation sites (N-methyl/N-ethyl adjacent to an activating group) is 1. The highest BCUT2D eigenvalue weighted by Crippen LogP contribution is 2.32. The molecule has 2 saturated heterocycles. The first-order valence-corrected chi connectivity index (χ1v) is 10.9. The van der Waals surface area contributed by atoms with Crippen molar-refractivity contribution in [3.63, 3.8) is 0 Å². The quantitative estimate of drug-likeness (QED) is 0.850. The van der Waals surface area contributed by atoms with Gasteiger partial charge in [0.1, 0.15) is 11.8 Å². The molecule has 1 aromatic rings. The van der Waals surface area contributed by atoms with Crippen LogP contribution in [0.5, 0.6) is 5.75 Å². The second-order valence-corrected chi connectivity index (χ2v) is 9.36. The van der Waals surface area contributed by atoms with Crippen LogP contribution >= 0.6 is 0 Å². The number of hydrogen-bond donors (Lipinski definition) is 1. The Morgan fingerprint density at radius 2 is 1.89 bits per heavy atom. The van der Waals surface area contributed by atoms with Crippen LogP contribution in [0.4, 0.5) is 0 Å². The molecular weight excluding hydrogens is 366 g/mol. The number of piperidine rings is 1. The van der Waals surface area contributed by atoms with Gasteiger partial charge in [-0.1, -0.05) is 12.1 Å². The Kier molecular flexibility index (Phi) is 5.79. The van der Waals surface area contributed by atoms with E-state index in [4.69, 9.17) is 4.74 Å². The average Bonchev–Trinajstić information content (AvgIpc) is 2.63. The molecule has 0 spiro atoms. The van der Waals surface area contributed by atoms with Crippen molar-refractivity contribution >= 4 is 16.1 Å². The van der Waals surface area contributed by atoms with Crippen molar-refractivity contribution in [3.8, 4) is 5.75 Å². The fourth-order valence-corrected chi connectivity index (χ4v) is 5.47. The maximum Gasteiger partial charge on any atom is 0.280 e. The Balaban J connectivity index is 1.90. The minimum absolute atomic E-state index is 0.102. The molecule has 27 heavy (non-hydrogen) atoms. The number of nitrogens with zero attached hydrogens (tertiary/aromatic N) is 2. The summed E-state index contributed by atoms with van der Waals surface area (Å²) in [5, 5.41) is 0. The van der Waals surface area contributed by atoms with Gasteiger partial charge in [0.05, 0.1) is 13.2 Å². The lowest BCUT2D eigenvalue weighted by atomic mass is 9.94. The summed E-state index contributed by atoms with van der Waals surface area (Å²) < 4.78 is 34.5. The molecule has 3 rings (SSSR count). The van der Waals surface area contributed by atoms with Crippen molar-refractivity contribution in [3.05, 3.63) is 29.8 Å². The lowest BCUT2D eigenvalue weighted by molar-refractivity contribution is -0.142. The summed E-state index contributed by atoms with van der Waals surface area (Å²) in [6, 6.07) is 6.38. The maximum absolute atomic E-state index is 13.3. The summed E-state index contributed by atoms with van der Waals surface area (Å²) in [4.78, 5) is 15.2. The van der Waals surface area contributed by atoms with Crippen LogP contribution in [0.15, 0.2) is 24.3 Å². The van der Waals surface area contributed by atoms with Gasteiger partial charge in [0.2, 0.25) is 5.91 Å². The van der Waals surface area contributed by atoms with E-state index >= 15 is 0 Å². The van der Waals surface area contributed by atoms with Crippen molar-refractivity contribution in [1.82, 2.24) is 13.9 Å². The van der Waals surface area contributed by atoms with Crippen molar-refractivity contribution < 1.29 is 17.9 Å². The molecule has 0 saturated carbocycles. The highest BCUT2D eigenvalue weighted by molar-refractivity contribution is 7.87. The number of benzene rings is 1. The van der Waals surface area contributed by atoms with Gasteiger partial charge in [-0.25, -0.2) is 0 Å². The maximum atomic E-state index is 13.3. The number of carbonyl (C=O) groups excluding carboxylic acids is 1. The van der Waals surface area contributed by atoms with Gasteiger partial charge >= 0.3 is 0 Å². The molecule has 0 bridgehead atoms. The molecule has 150 valence electrons. The standard InChI is InChI=1S/C19H29N3O4S/c1-13-7-5-8-14(2)22(13)19(23)18-12-17(20-27(24,25)21(18)3)15-9-6-10-16(11-15)26-4/h6,9-11,13-14,17-18,20H,5,7-8,12H2,1-4H3. The number of likely N-dealkylation sites (tertiary alicyclic amines) is 1. The molecule has 4 unspecified atom stereocenters. The fourth-order valence-electron chi connectivity index (χ4n) is 4.20. The Bertz CT molecular complexity index is 788. The lowest BCUT2D eigenvalue weighted by Crippen LogP contribution is -2.60. The van der Waals surface area contributed by atoms with E-state index in [2.05, 4.69) is 4.72 Å². The normalized spacial score (nSPS) is 31.5. The van der Waals surface area contributed by atoms with Crippen molar-refractivity contribution in [2.45, 2.75) is 63.7 Å². The van der Waals surface area contributed by atoms with E-state index < -0.39 is 22.3 Å². The summed E-state index contributed by atoms with van der Waals surface area (Å²) in [6.07, 6.45) is 3.39. The SMILES string of the molecule is COc1cccc(C2CC(C(=O)N3C(C)CCCC3C)N(C)S(=O)(=O)N2)c1.